The monoisotopic (exact) mass is 345 g/mol. The zero-order valence-corrected chi connectivity index (χ0v) is 19.4. The second kappa shape index (κ2) is 43.3. The summed E-state index contributed by atoms with van der Waals surface area (Å²) >= 11 is 0. The number of benzene rings is 2. The van der Waals surface area contributed by atoms with E-state index in [-0.39, 0.29) is 0 Å². The maximum absolute atomic E-state index is 2.17. The summed E-state index contributed by atoms with van der Waals surface area (Å²) in [4.78, 5) is 0. The van der Waals surface area contributed by atoms with Gasteiger partial charge in [-0.3, -0.25) is 0 Å². The number of hydrogen-bond donors (Lipinski definition) is 0. The zero-order chi connectivity index (χ0) is 20.9. The highest BCUT2D eigenvalue weighted by molar-refractivity contribution is 6.67. The van der Waals surface area contributed by atoms with Gasteiger partial charge in [-0.05, 0) is 0 Å². The normalized spacial score (nSPS) is 6.40. The van der Waals surface area contributed by atoms with Crippen LogP contribution in [0.3, 0.4) is 0 Å². The van der Waals surface area contributed by atoms with Crippen molar-refractivity contribution >= 4 is 18.2 Å². The first-order valence-corrected chi connectivity index (χ1v) is 10.4. The third-order valence-corrected chi connectivity index (χ3v) is 1.93. The summed E-state index contributed by atoms with van der Waals surface area (Å²) in [7, 11) is 2.17. The molecule has 0 saturated heterocycles. The van der Waals surface area contributed by atoms with Crippen molar-refractivity contribution in [2.75, 3.05) is 0 Å². The van der Waals surface area contributed by atoms with Crippen LogP contribution in [0.15, 0.2) is 60.7 Å². The predicted molar refractivity (Wildman–Crippen MR) is 126 cm³/mol. The van der Waals surface area contributed by atoms with E-state index in [0.29, 0.717) is 0 Å². The van der Waals surface area contributed by atoms with Crippen LogP contribution in [0, 0.1) is 0 Å². The largest absolute Gasteiger partial charge is 0.191 e. The molecule has 1 heteroatoms. The fourth-order valence-electron chi connectivity index (χ4n) is 1.29. The van der Waals surface area contributed by atoms with E-state index in [2.05, 4.69) is 55.8 Å². The van der Waals surface area contributed by atoms with Gasteiger partial charge in [0.15, 0.2) is 7.28 Å². The Bertz CT molecular complexity index is 317. The molecule has 0 heterocycles. The SMILES string of the molecule is CC.CC.CC.CC.CC.CC.[B](c1ccccc1)c1ccccc1. The van der Waals surface area contributed by atoms with E-state index in [4.69, 9.17) is 0 Å². The Morgan fingerprint density at radius 1 is 0.360 bits per heavy atom. The molecule has 2 aromatic rings. The third-order valence-electron chi connectivity index (χ3n) is 1.93. The van der Waals surface area contributed by atoms with Crippen LogP contribution in [0.2, 0.25) is 0 Å². The van der Waals surface area contributed by atoms with Crippen LogP contribution in [0.1, 0.15) is 83.1 Å². The van der Waals surface area contributed by atoms with Crippen molar-refractivity contribution in [1.29, 1.82) is 0 Å². The van der Waals surface area contributed by atoms with E-state index >= 15 is 0 Å². The van der Waals surface area contributed by atoms with Gasteiger partial charge in [-0.2, -0.15) is 0 Å². The average Bonchev–Trinajstić information content (AvgIpc) is 2.78. The number of rotatable bonds is 2. The molecule has 0 saturated carbocycles. The van der Waals surface area contributed by atoms with Crippen molar-refractivity contribution < 1.29 is 0 Å². The lowest BCUT2D eigenvalue weighted by molar-refractivity contribution is 1.50. The van der Waals surface area contributed by atoms with Crippen LogP contribution < -0.4 is 10.9 Å². The minimum atomic E-state index is 1.24. The maximum Gasteiger partial charge on any atom is 0.191 e. The fourth-order valence-corrected chi connectivity index (χ4v) is 1.29. The highest BCUT2D eigenvalue weighted by atomic mass is 13.8. The molecule has 0 spiro atoms. The Morgan fingerprint density at radius 3 is 0.760 bits per heavy atom. The molecular weight excluding hydrogens is 299 g/mol. The quantitative estimate of drug-likeness (QED) is 0.494. The van der Waals surface area contributed by atoms with Gasteiger partial charge in [-0.15, -0.1) is 0 Å². The molecule has 2 rings (SSSR count). The van der Waals surface area contributed by atoms with E-state index in [0.717, 1.165) is 0 Å². The van der Waals surface area contributed by atoms with E-state index in [1.807, 2.05) is 95.2 Å². The molecule has 0 N–H and O–H groups in total. The third kappa shape index (κ3) is 27.6. The fraction of sp³-hybridized carbons (Fsp3) is 0.500. The first kappa shape index (κ1) is 34.8. The first-order chi connectivity index (χ1) is 12.4. The van der Waals surface area contributed by atoms with Crippen molar-refractivity contribution in [3.63, 3.8) is 0 Å². The standard InChI is InChI=1S/C12H10B.6C2H6/c1-3-7-11(8-4-1)13-12-9-5-2-6-10-12;6*1-2/h1-10H;6*1-2H3. The van der Waals surface area contributed by atoms with Crippen LogP contribution >= 0.6 is 0 Å². The Kier molecular flexibility index (Phi) is 60.2. The zero-order valence-electron chi connectivity index (χ0n) is 19.4. The summed E-state index contributed by atoms with van der Waals surface area (Å²) in [5.41, 5.74) is 2.49. The van der Waals surface area contributed by atoms with E-state index in [1.54, 1.807) is 0 Å². The summed E-state index contributed by atoms with van der Waals surface area (Å²) in [5.74, 6) is 0. The van der Waals surface area contributed by atoms with Gasteiger partial charge in [-0.1, -0.05) is 155 Å². The molecule has 0 unspecified atom stereocenters. The van der Waals surface area contributed by atoms with Gasteiger partial charge < -0.3 is 0 Å². The predicted octanol–water partition coefficient (Wildman–Crippen LogP) is 7.50. The van der Waals surface area contributed by atoms with Crippen molar-refractivity contribution in [1.82, 2.24) is 0 Å². The molecule has 0 aliphatic rings. The lowest BCUT2D eigenvalue weighted by Gasteiger charge is -1.98. The highest BCUT2D eigenvalue weighted by Gasteiger charge is 1.95. The molecule has 25 heavy (non-hydrogen) atoms. The molecule has 0 fully saturated rings. The van der Waals surface area contributed by atoms with Gasteiger partial charge in [-0.25, -0.2) is 0 Å². The smallest absolute Gasteiger partial charge is 0.0814 e. The second-order valence-electron chi connectivity index (χ2n) is 2.97. The Labute approximate surface area is 162 Å². The summed E-state index contributed by atoms with van der Waals surface area (Å²) in [6.07, 6.45) is 0. The molecule has 0 aliphatic carbocycles. The van der Waals surface area contributed by atoms with E-state index in [9.17, 15) is 0 Å². The Balaban J connectivity index is -0.0000000952. The topological polar surface area (TPSA) is 0 Å². The molecule has 145 valence electrons. The molecule has 0 aliphatic heterocycles. The Morgan fingerprint density at radius 2 is 0.560 bits per heavy atom. The molecule has 0 amide bonds. The molecule has 0 atom stereocenters. The molecule has 0 bridgehead atoms. The number of hydrogen-bond acceptors (Lipinski definition) is 0. The summed E-state index contributed by atoms with van der Waals surface area (Å²) < 4.78 is 0. The van der Waals surface area contributed by atoms with Crippen LogP contribution in [0.4, 0.5) is 0 Å². The lowest BCUT2D eigenvalue weighted by Crippen LogP contribution is -2.26. The van der Waals surface area contributed by atoms with Gasteiger partial charge in [0.05, 0.1) is 0 Å². The van der Waals surface area contributed by atoms with Gasteiger partial charge >= 0.3 is 0 Å². The maximum atomic E-state index is 2.17. The summed E-state index contributed by atoms with van der Waals surface area (Å²) in [6, 6.07) is 20.7. The van der Waals surface area contributed by atoms with Crippen molar-refractivity contribution in [2.24, 2.45) is 0 Å². The van der Waals surface area contributed by atoms with Gasteiger partial charge in [0.25, 0.3) is 0 Å². The summed E-state index contributed by atoms with van der Waals surface area (Å²) in [5, 5.41) is 0. The van der Waals surface area contributed by atoms with Crippen LogP contribution in [-0.2, 0) is 0 Å². The van der Waals surface area contributed by atoms with Crippen LogP contribution in [-0.4, -0.2) is 7.28 Å². The Hall–Kier alpha value is -1.50. The molecule has 0 nitrogen and oxygen atoms in total. The average molecular weight is 345 g/mol. The van der Waals surface area contributed by atoms with Crippen molar-refractivity contribution in [3.05, 3.63) is 60.7 Å². The molecule has 1 radical (unpaired) electrons. The molecule has 0 aromatic heterocycles. The van der Waals surface area contributed by atoms with Crippen molar-refractivity contribution in [2.45, 2.75) is 83.1 Å². The minimum absolute atomic E-state index is 1.24. The van der Waals surface area contributed by atoms with Crippen molar-refractivity contribution in [3.8, 4) is 0 Å². The second-order valence-corrected chi connectivity index (χ2v) is 2.97. The first-order valence-electron chi connectivity index (χ1n) is 10.4. The van der Waals surface area contributed by atoms with Gasteiger partial charge in [0.2, 0.25) is 0 Å². The minimum Gasteiger partial charge on any atom is -0.0814 e. The highest BCUT2D eigenvalue weighted by Crippen LogP contribution is 1.84. The van der Waals surface area contributed by atoms with Gasteiger partial charge in [0, 0.05) is 0 Å². The lowest BCUT2D eigenvalue weighted by atomic mass is 9.64. The van der Waals surface area contributed by atoms with Crippen LogP contribution in [0.5, 0.6) is 0 Å². The van der Waals surface area contributed by atoms with Crippen LogP contribution in [0.25, 0.3) is 0 Å². The van der Waals surface area contributed by atoms with Gasteiger partial charge in [0.1, 0.15) is 0 Å². The van der Waals surface area contributed by atoms with E-state index < -0.39 is 0 Å². The molecule has 2 aromatic carbocycles. The van der Waals surface area contributed by atoms with E-state index in [1.165, 1.54) is 10.9 Å². The summed E-state index contributed by atoms with van der Waals surface area (Å²) in [6.45, 7) is 24.0. The molecular formula is C24H46B.